The van der Waals surface area contributed by atoms with E-state index in [9.17, 15) is 4.79 Å². The summed E-state index contributed by atoms with van der Waals surface area (Å²) >= 11 is 9.43. The molecule has 3 nitrogen and oxygen atoms in total. The summed E-state index contributed by atoms with van der Waals surface area (Å²) in [6, 6.07) is 12.6. The number of carbonyl (C=O) groups is 1. The number of para-hydroxylation sites is 1. The maximum Gasteiger partial charge on any atom is 0.181 e. The van der Waals surface area contributed by atoms with Gasteiger partial charge in [0.1, 0.15) is 5.75 Å². The molecule has 0 radical (unpaired) electrons. The molecule has 0 aliphatic heterocycles. The van der Waals surface area contributed by atoms with E-state index < -0.39 is 0 Å². The van der Waals surface area contributed by atoms with Crippen molar-refractivity contribution in [1.82, 2.24) is 0 Å². The van der Waals surface area contributed by atoms with Crippen LogP contribution in [0.25, 0.3) is 0 Å². The van der Waals surface area contributed by atoms with Gasteiger partial charge in [-0.1, -0.05) is 23.7 Å². The second kappa shape index (κ2) is 6.77. The molecular weight excluding hydrogens is 342 g/mol. The summed E-state index contributed by atoms with van der Waals surface area (Å²) < 4.78 is 5.98. The number of halogens is 2. The number of Topliss-reactive ketones (excluding diaryl/α,β-unsaturated/α-hetero) is 1. The molecule has 0 bridgehead atoms. The molecular formula is C15H13BrClNO2. The highest BCUT2D eigenvalue weighted by atomic mass is 79.9. The van der Waals surface area contributed by atoms with Gasteiger partial charge >= 0.3 is 0 Å². The van der Waals surface area contributed by atoms with E-state index in [0.717, 1.165) is 10.2 Å². The molecule has 104 valence electrons. The lowest BCUT2D eigenvalue weighted by atomic mass is 10.1. The summed E-state index contributed by atoms with van der Waals surface area (Å²) in [6.07, 6.45) is 0. The molecule has 0 amide bonds. The second-order valence-electron chi connectivity index (χ2n) is 4.11. The molecule has 0 saturated carbocycles. The molecule has 0 aromatic heterocycles. The lowest BCUT2D eigenvalue weighted by Crippen LogP contribution is -2.14. The van der Waals surface area contributed by atoms with Gasteiger partial charge in [-0.25, -0.2) is 0 Å². The number of carbonyl (C=O) groups excluding carboxylic acids is 1. The Labute approximate surface area is 131 Å². The number of ether oxygens (including phenoxy) is 1. The minimum Gasteiger partial charge on any atom is -0.495 e. The van der Waals surface area contributed by atoms with E-state index in [2.05, 4.69) is 21.2 Å². The van der Waals surface area contributed by atoms with E-state index in [0.29, 0.717) is 16.3 Å². The molecule has 1 N–H and O–H groups in total. The van der Waals surface area contributed by atoms with E-state index in [1.54, 1.807) is 18.2 Å². The number of hydrogen-bond donors (Lipinski definition) is 1. The first-order chi connectivity index (χ1) is 9.61. The van der Waals surface area contributed by atoms with Crippen LogP contribution in [0.3, 0.4) is 0 Å². The highest BCUT2D eigenvalue weighted by molar-refractivity contribution is 9.10. The number of anilines is 1. The fraction of sp³-hybridized carbons (Fsp3) is 0.133. The predicted molar refractivity (Wildman–Crippen MR) is 85.0 cm³/mol. The number of benzene rings is 2. The lowest BCUT2D eigenvalue weighted by molar-refractivity contribution is 0.101. The van der Waals surface area contributed by atoms with Gasteiger partial charge in [0, 0.05) is 15.7 Å². The third-order valence-corrected chi connectivity index (χ3v) is 3.77. The quantitative estimate of drug-likeness (QED) is 0.809. The Hall–Kier alpha value is -1.52. The molecule has 2 aromatic rings. The Kier molecular flexibility index (Phi) is 5.04. The molecule has 0 spiro atoms. The van der Waals surface area contributed by atoms with E-state index in [1.165, 1.54) is 7.11 Å². The topological polar surface area (TPSA) is 38.3 Å². The van der Waals surface area contributed by atoms with Crippen LogP contribution in [0.5, 0.6) is 5.75 Å². The summed E-state index contributed by atoms with van der Waals surface area (Å²) in [5.74, 6) is 0.521. The van der Waals surface area contributed by atoms with E-state index in [-0.39, 0.29) is 12.3 Å². The fourth-order valence-electron chi connectivity index (χ4n) is 1.72. The third-order valence-electron chi connectivity index (χ3n) is 2.79. The predicted octanol–water partition coefficient (Wildman–Crippen LogP) is 4.41. The molecule has 0 fully saturated rings. The van der Waals surface area contributed by atoms with Crippen molar-refractivity contribution in [2.75, 3.05) is 19.0 Å². The van der Waals surface area contributed by atoms with E-state index in [4.69, 9.17) is 16.3 Å². The van der Waals surface area contributed by atoms with Crippen molar-refractivity contribution < 1.29 is 9.53 Å². The first kappa shape index (κ1) is 14.9. The molecule has 20 heavy (non-hydrogen) atoms. The molecule has 2 rings (SSSR count). The van der Waals surface area contributed by atoms with Gasteiger partial charge in [0.05, 0.1) is 18.7 Å². The van der Waals surface area contributed by atoms with Crippen LogP contribution in [0, 0.1) is 0 Å². The number of methoxy groups -OCH3 is 1. The van der Waals surface area contributed by atoms with Gasteiger partial charge in [-0.15, -0.1) is 0 Å². The minimum absolute atomic E-state index is 0.0368. The summed E-state index contributed by atoms with van der Waals surface area (Å²) in [5.41, 5.74) is 1.43. The fourth-order valence-corrected chi connectivity index (χ4v) is 2.40. The number of hydrogen-bond acceptors (Lipinski definition) is 3. The summed E-state index contributed by atoms with van der Waals surface area (Å²) in [6.45, 7) is 0.200. The largest absolute Gasteiger partial charge is 0.495 e. The number of nitrogens with one attached hydrogen (secondary N) is 1. The molecule has 2 aromatic carbocycles. The van der Waals surface area contributed by atoms with Crippen molar-refractivity contribution in [1.29, 1.82) is 0 Å². The Morgan fingerprint density at radius 2 is 2.05 bits per heavy atom. The molecule has 5 heteroatoms. The average molecular weight is 355 g/mol. The molecule has 0 heterocycles. The van der Waals surface area contributed by atoms with Crippen LogP contribution in [-0.2, 0) is 0 Å². The van der Waals surface area contributed by atoms with E-state index in [1.807, 2.05) is 24.3 Å². The smallest absolute Gasteiger partial charge is 0.181 e. The zero-order valence-electron chi connectivity index (χ0n) is 10.8. The third kappa shape index (κ3) is 3.52. The van der Waals surface area contributed by atoms with Crippen LogP contribution in [0.4, 0.5) is 5.69 Å². The second-order valence-corrected chi connectivity index (χ2v) is 5.37. The van der Waals surface area contributed by atoms with Crippen molar-refractivity contribution >= 4 is 39.0 Å². The maximum absolute atomic E-state index is 12.1. The number of ketones is 1. The molecule has 0 atom stereocenters. The summed E-state index contributed by atoms with van der Waals surface area (Å²) in [7, 11) is 1.54. The standard InChI is InChI=1S/C15H13BrClNO2/c1-20-15-7-6-10(8-12(15)17)14(19)9-18-13-5-3-2-4-11(13)16/h2-8,18H,9H2,1H3. The van der Waals surface area contributed by atoms with E-state index >= 15 is 0 Å². The lowest BCUT2D eigenvalue weighted by Gasteiger charge is -2.09. The first-order valence-electron chi connectivity index (χ1n) is 5.97. The Balaban J connectivity index is 2.05. The number of rotatable bonds is 5. The van der Waals surface area contributed by atoms with Crippen molar-refractivity contribution in [3.63, 3.8) is 0 Å². The van der Waals surface area contributed by atoms with Gasteiger partial charge < -0.3 is 10.1 Å². The first-order valence-corrected chi connectivity index (χ1v) is 7.14. The van der Waals surface area contributed by atoms with Crippen LogP contribution in [0.1, 0.15) is 10.4 Å². The Morgan fingerprint density at radius 3 is 2.70 bits per heavy atom. The highest BCUT2D eigenvalue weighted by Crippen LogP contribution is 2.25. The van der Waals surface area contributed by atoms with Gasteiger partial charge in [-0.05, 0) is 46.3 Å². The minimum atomic E-state index is -0.0368. The Bertz CT molecular complexity index is 631. The van der Waals surface area contributed by atoms with Crippen LogP contribution in [0.2, 0.25) is 5.02 Å². The van der Waals surface area contributed by atoms with Crippen LogP contribution >= 0.6 is 27.5 Å². The molecule has 0 aliphatic rings. The van der Waals surface area contributed by atoms with Crippen molar-refractivity contribution in [2.45, 2.75) is 0 Å². The molecule has 0 saturated heterocycles. The van der Waals surface area contributed by atoms with Crippen LogP contribution in [-0.4, -0.2) is 19.4 Å². The van der Waals surface area contributed by atoms with Crippen LogP contribution in [0.15, 0.2) is 46.9 Å². The Morgan fingerprint density at radius 1 is 1.30 bits per heavy atom. The highest BCUT2D eigenvalue weighted by Gasteiger charge is 2.09. The van der Waals surface area contributed by atoms with Crippen molar-refractivity contribution in [3.05, 3.63) is 57.5 Å². The van der Waals surface area contributed by atoms with Crippen molar-refractivity contribution in [3.8, 4) is 5.75 Å². The SMILES string of the molecule is COc1ccc(C(=O)CNc2ccccc2Br)cc1Cl. The van der Waals surface area contributed by atoms with Gasteiger partial charge in [0.25, 0.3) is 0 Å². The van der Waals surface area contributed by atoms with Gasteiger partial charge in [-0.2, -0.15) is 0 Å². The maximum atomic E-state index is 12.1. The normalized spacial score (nSPS) is 10.2. The average Bonchev–Trinajstić information content (AvgIpc) is 2.46. The summed E-state index contributed by atoms with van der Waals surface area (Å²) in [4.78, 5) is 12.1. The van der Waals surface area contributed by atoms with Gasteiger partial charge in [-0.3, -0.25) is 4.79 Å². The zero-order valence-corrected chi connectivity index (χ0v) is 13.2. The summed E-state index contributed by atoms with van der Waals surface area (Å²) in [5, 5.41) is 3.52. The van der Waals surface area contributed by atoms with Crippen molar-refractivity contribution in [2.24, 2.45) is 0 Å². The monoisotopic (exact) mass is 353 g/mol. The van der Waals surface area contributed by atoms with Gasteiger partial charge in [0.2, 0.25) is 0 Å². The van der Waals surface area contributed by atoms with Crippen LogP contribution < -0.4 is 10.1 Å². The molecule has 0 unspecified atom stereocenters. The van der Waals surface area contributed by atoms with Gasteiger partial charge in [0.15, 0.2) is 5.78 Å². The molecule has 0 aliphatic carbocycles. The zero-order chi connectivity index (χ0) is 14.5.